The molecule has 0 unspecified atom stereocenters. The Hall–Kier alpha value is -2.26. The van der Waals surface area contributed by atoms with E-state index in [0.29, 0.717) is 10.7 Å². The number of hydrogen-bond donors (Lipinski definition) is 1. The molecule has 7 heteroatoms. The van der Waals surface area contributed by atoms with E-state index in [1.807, 2.05) is 0 Å². The summed E-state index contributed by atoms with van der Waals surface area (Å²) in [5.74, 6) is -0.160. The topological polar surface area (TPSA) is 48.7 Å². The largest absolute Gasteiger partial charge is 0.433 e. The van der Waals surface area contributed by atoms with Crippen LogP contribution in [0.25, 0.3) is 0 Å². The van der Waals surface area contributed by atoms with Gasteiger partial charge in [-0.1, -0.05) is 17.7 Å². The minimum Gasteiger partial charge on any atom is -0.339 e. The van der Waals surface area contributed by atoms with Crippen LogP contribution in [-0.4, -0.2) is 4.98 Å². The predicted molar refractivity (Wildman–Crippen MR) is 73.4 cm³/mol. The van der Waals surface area contributed by atoms with Gasteiger partial charge in [-0.05, 0) is 36.8 Å². The number of benzene rings is 1. The van der Waals surface area contributed by atoms with Crippen molar-refractivity contribution >= 4 is 23.1 Å². The van der Waals surface area contributed by atoms with Crippen LogP contribution in [0, 0.1) is 18.3 Å². The first-order valence-electron chi connectivity index (χ1n) is 5.83. The lowest BCUT2D eigenvalue weighted by Gasteiger charge is -2.11. The van der Waals surface area contributed by atoms with Gasteiger partial charge < -0.3 is 5.32 Å². The molecular formula is C14H9ClF3N3. The quantitative estimate of drug-likeness (QED) is 0.876. The van der Waals surface area contributed by atoms with E-state index in [9.17, 15) is 13.2 Å². The van der Waals surface area contributed by atoms with E-state index >= 15 is 0 Å². The number of nitrogens with one attached hydrogen (secondary N) is 1. The maximum atomic E-state index is 12.7. The van der Waals surface area contributed by atoms with Crippen LogP contribution in [0.5, 0.6) is 0 Å². The molecule has 0 saturated heterocycles. The zero-order chi connectivity index (χ0) is 15.6. The normalized spacial score (nSPS) is 11.0. The first kappa shape index (κ1) is 15.1. The Morgan fingerprint density at radius 1 is 1.24 bits per heavy atom. The van der Waals surface area contributed by atoms with Gasteiger partial charge in [-0.25, -0.2) is 4.98 Å². The summed E-state index contributed by atoms with van der Waals surface area (Å²) < 4.78 is 38.0. The summed E-state index contributed by atoms with van der Waals surface area (Å²) in [5, 5.41) is 12.1. The molecule has 0 radical (unpaired) electrons. The number of anilines is 2. The number of nitrogens with zero attached hydrogens (tertiary/aromatic N) is 2. The highest BCUT2D eigenvalue weighted by Gasteiger charge is 2.33. The van der Waals surface area contributed by atoms with E-state index in [2.05, 4.69) is 10.3 Å². The summed E-state index contributed by atoms with van der Waals surface area (Å²) in [5.41, 5.74) is 0.232. The van der Waals surface area contributed by atoms with E-state index in [4.69, 9.17) is 16.9 Å². The first-order valence-corrected chi connectivity index (χ1v) is 6.20. The van der Waals surface area contributed by atoms with Crippen LogP contribution in [0.15, 0.2) is 30.3 Å². The zero-order valence-corrected chi connectivity index (χ0v) is 11.5. The van der Waals surface area contributed by atoms with E-state index < -0.39 is 11.9 Å². The lowest BCUT2D eigenvalue weighted by Crippen LogP contribution is -2.10. The second-order valence-electron chi connectivity index (χ2n) is 4.29. The van der Waals surface area contributed by atoms with Crippen LogP contribution >= 0.6 is 11.6 Å². The first-order chi connectivity index (χ1) is 9.81. The fraction of sp³-hybridized carbons (Fsp3) is 0.143. The lowest BCUT2D eigenvalue weighted by molar-refractivity contribution is -0.141. The van der Waals surface area contributed by atoms with Gasteiger partial charge in [-0.2, -0.15) is 18.4 Å². The SMILES string of the molecule is Cc1ccc(Nc2nc(C(F)(F)F)ccc2C#N)cc1Cl. The molecule has 0 amide bonds. The summed E-state index contributed by atoms with van der Waals surface area (Å²) >= 11 is 5.95. The van der Waals surface area contributed by atoms with Crippen molar-refractivity contribution in [3.63, 3.8) is 0 Å². The molecule has 0 aliphatic rings. The molecule has 0 spiro atoms. The van der Waals surface area contributed by atoms with Crippen LogP contribution in [0.1, 0.15) is 16.8 Å². The van der Waals surface area contributed by atoms with Gasteiger partial charge in [0.25, 0.3) is 0 Å². The Morgan fingerprint density at radius 2 is 1.95 bits per heavy atom. The van der Waals surface area contributed by atoms with Crippen LogP contribution in [0.4, 0.5) is 24.7 Å². The highest BCUT2D eigenvalue weighted by Crippen LogP contribution is 2.30. The van der Waals surface area contributed by atoms with Crippen molar-refractivity contribution in [2.45, 2.75) is 13.1 Å². The van der Waals surface area contributed by atoms with Gasteiger partial charge in [0, 0.05) is 10.7 Å². The van der Waals surface area contributed by atoms with Gasteiger partial charge in [-0.3, -0.25) is 0 Å². The summed E-state index contributed by atoms with van der Waals surface area (Å²) in [7, 11) is 0. The molecule has 2 rings (SSSR count). The van der Waals surface area contributed by atoms with Crippen LogP contribution in [0.3, 0.4) is 0 Å². The Balaban J connectivity index is 2.42. The lowest BCUT2D eigenvalue weighted by atomic mass is 10.2. The molecule has 1 heterocycles. The standard InChI is InChI=1S/C14H9ClF3N3/c1-8-2-4-10(6-11(8)15)20-13-9(7-19)3-5-12(21-13)14(16,17)18/h2-6H,1H3,(H,20,21). The molecule has 0 fully saturated rings. The van der Waals surface area contributed by atoms with Gasteiger partial charge in [0.05, 0.1) is 5.56 Å². The van der Waals surface area contributed by atoms with Crippen molar-refractivity contribution in [1.82, 2.24) is 4.98 Å². The molecule has 1 aromatic heterocycles. The molecule has 0 saturated carbocycles. The number of nitriles is 1. The maximum absolute atomic E-state index is 12.7. The number of halogens is 4. The van der Waals surface area contributed by atoms with Crippen molar-refractivity contribution in [3.8, 4) is 6.07 Å². The van der Waals surface area contributed by atoms with E-state index in [0.717, 1.165) is 17.7 Å². The average Bonchev–Trinajstić information content (AvgIpc) is 2.42. The van der Waals surface area contributed by atoms with Gasteiger partial charge >= 0.3 is 6.18 Å². The molecule has 0 aliphatic carbocycles. The van der Waals surface area contributed by atoms with Crippen LogP contribution < -0.4 is 5.32 Å². The maximum Gasteiger partial charge on any atom is 0.433 e. The number of pyridine rings is 1. The van der Waals surface area contributed by atoms with Crippen molar-refractivity contribution in [1.29, 1.82) is 5.26 Å². The van der Waals surface area contributed by atoms with E-state index in [1.54, 1.807) is 31.2 Å². The van der Waals surface area contributed by atoms with Crippen molar-refractivity contribution < 1.29 is 13.2 Å². The number of alkyl halides is 3. The van der Waals surface area contributed by atoms with Gasteiger partial charge in [0.1, 0.15) is 17.6 Å². The number of hydrogen-bond acceptors (Lipinski definition) is 3. The minimum atomic E-state index is -4.57. The van der Waals surface area contributed by atoms with Gasteiger partial charge in [-0.15, -0.1) is 0 Å². The summed E-state index contributed by atoms with van der Waals surface area (Å²) in [4.78, 5) is 3.46. The highest BCUT2D eigenvalue weighted by molar-refractivity contribution is 6.31. The van der Waals surface area contributed by atoms with Crippen LogP contribution in [-0.2, 0) is 6.18 Å². The Bertz CT molecular complexity index is 720. The smallest absolute Gasteiger partial charge is 0.339 e. The fourth-order valence-corrected chi connectivity index (χ4v) is 1.79. The summed E-state index contributed by atoms with van der Waals surface area (Å²) in [6.45, 7) is 1.80. The van der Waals surface area contributed by atoms with Crippen LogP contribution in [0.2, 0.25) is 5.02 Å². The summed E-state index contributed by atoms with van der Waals surface area (Å²) in [6, 6.07) is 8.55. The summed E-state index contributed by atoms with van der Waals surface area (Å²) in [6.07, 6.45) is -4.57. The monoisotopic (exact) mass is 311 g/mol. The fourth-order valence-electron chi connectivity index (χ4n) is 1.61. The molecule has 0 aliphatic heterocycles. The second-order valence-corrected chi connectivity index (χ2v) is 4.70. The number of aromatic nitrogens is 1. The predicted octanol–water partition coefficient (Wildman–Crippen LogP) is 4.68. The van der Waals surface area contributed by atoms with Crippen molar-refractivity contribution in [3.05, 3.63) is 52.2 Å². The third-order valence-corrected chi connectivity index (χ3v) is 3.15. The molecule has 3 nitrogen and oxygen atoms in total. The Morgan fingerprint density at radius 3 is 2.52 bits per heavy atom. The Kier molecular flexibility index (Phi) is 4.05. The van der Waals surface area contributed by atoms with Crippen molar-refractivity contribution in [2.75, 3.05) is 5.32 Å². The highest BCUT2D eigenvalue weighted by atomic mass is 35.5. The molecule has 21 heavy (non-hydrogen) atoms. The molecule has 1 aromatic carbocycles. The molecular weight excluding hydrogens is 303 g/mol. The second kappa shape index (κ2) is 5.62. The van der Waals surface area contributed by atoms with Gasteiger partial charge in [0.2, 0.25) is 0 Å². The molecule has 108 valence electrons. The molecule has 0 atom stereocenters. The molecule has 2 aromatic rings. The van der Waals surface area contributed by atoms with Crippen molar-refractivity contribution in [2.24, 2.45) is 0 Å². The van der Waals surface area contributed by atoms with E-state index in [-0.39, 0.29) is 11.4 Å². The minimum absolute atomic E-state index is 0.0136. The number of rotatable bonds is 2. The zero-order valence-electron chi connectivity index (χ0n) is 10.8. The molecule has 0 bridgehead atoms. The van der Waals surface area contributed by atoms with Gasteiger partial charge in [0.15, 0.2) is 0 Å². The van der Waals surface area contributed by atoms with E-state index in [1.165, 1.54) is 0 Å². The number of aryl methyl sites for hydroxylation is 1. The third-order valence-electron chi connectivity index (χ3n) is 2.74. The molecule has 1 N–H and O–H groups in total. The average molecular weight is 312 g/mol. The third kappa shape index (κ3) is 3.44. The Labute approximate surface area is 124 Å².